The fraction of sp³-hybridized carbons (Fsp3) is 0.421. The number of likely N-dealkylation sites (tertiary alicyclic amines) is 1. The second kappa shape index (κ2) is 10.8. The maximum Gasteiger partial charge on any atom is 0.193 e. The summed E-state index contributed by atoms with van der Waals surface area (Å²) in [5, 5.41) is 3.42. The highest BCUT2D eigenvalue weighted by Gasteiger charge is 2.22. The lowest BCUT2D eigenvalue weighted by Crippen LogP contribution is -2.47. The molecule has 26 heavy (non-hydrogen) atoms. The summed E-state index contributed by atoms with van der Waals surface area (Å²) in [6, 6.07) is 14.0. The van der Waals surface area contributed by atoms with Crippen molar-refractivity contribution in [2.24, 2.45) is 4.99 Å². The minimum Gasteiger partial charge on any atom is -0.490 e. The largest absolute Gasteiger partial charge is 0.490 e. The van der Waals surface area contributed by atoms with Crippen LogP contribution in [0.1, 0.15) is 18.6 Å². The minimum absolute atomic E-state index is 0. The molecule has 2 heterocycles. The lowest BCUT2D eigenvalue weighted by atomic mass is 10.1. The molecule has 1 aromatic carbocycles. The Morgan fingerprint density at radius 1 is 1.23 bits per heavy atom. The van der Waals surface area contributed by atoms with E-state index in [4.69, 9.17) is 9.15 Å². The molecular formula is C19H25BrIN3O2. The summed E-state index contributed by atoms with van der Waals surface area (Å²) in [5.41, 5.74) is 0. The van der Waals surface area contributed by atoms with Gasteiger partial charge in [0.15, 0.2) is 10.6 Å². The summed E-state index contributed by atoms with van der Waals surface area (Å²) in [6.45, 7) is 2.69. The number of furan rings is 1. The highest BCUT2D eigenvalue weighted by Crippen LogP contribution is 2.19. The van der Waals surface area contributed by atoms with Crippen molar-refractivity contribution >= 4 is 45.9 Å². The molecule has 0 atom stereocenters. The summed E-state index contributed by atoms with van der Waals surface area (Å²) in [7, 11) is 1.83. The first kappa shape index (κ1) is 21.1. The molecule has 0 radical (unpaired) electrons. The molecular weight excluding hydrogens is 509 g/mol. The molecule has 1 fully saturated rings. The van der Waals surface area contributed by atoms with Crippen molar-refractivity contribution in [3.8, 4) is 5.75 Å². The van der Waals surface area contributed by atoms with Gasteiger partial charge in [-0.2, -0.15) is 0 Å². The third kappa shape index (κ3) is 6.19. The number of aliphatic imine (C=N–C) groups is 1. The molecule has 2 aromatic rings. The Morgan fingerprint density at radius 3 is 2.58 bits per heavy atom. The summed E-state index contributed by atoms with van der Waals surface area (Å²) < 4.78 is 12.3. The molecule has 0 spiro atoms. The Morgan fingerprint density at radius 2 is 1.96 bits per heavy atom. The highest BCUT2D eigenvalue weighted by atomic mass is 127. The molecule has 1 N–H and O–H groups in total. The van der Waals surface area contributed by atoms with Crippen LogP contribution in [0.15, 0.2) is 56.5 Å². The number of ether oxygens (including phenoxy) is 1. The Balaban J connectivity index is 0.00000243. The molecule has 3 rings (SSSR count). The Kier molecular flexibility index (Phi) is 8.77. The number of hydrogen-bond donors (Lipinski definition) is 1. The number of para-hydroxylation sites is 1. The molecule has 1 saturated heterocycles. The standard InChI is InChI=1S/C19H24BrN3O2.HI/c1-21-19(22-12-9-16-7-8-18(20)25-16)23-13-10-17(11-14-23)24-15-5-3-2-4-6-15;/h2-8,17H,9-14H2,1H3,(H,21,22);1H. The molecule has 0 aliphatic carbocycles. The van der Waals surface area contributed by atoms with E-state index < -0.39 is 0 Å². The summed E-state index contributed by atoms with van der Waals surface area (Å²) >= 11 is 3.33. The van der Waals surface area contributed by atoms with Crippen molar-refractivity contribution in [2.45, 2.75) is 25.4 Å². The van der Waals surface area contributed by atoms with Gasteiger partial charge in [0.25, 0.3) is 0 Å². The van der Waals surface area contributed by atoms with Crippen molar-refractivity contribution in [3.05, 3.63) is 52.9 Å². The Hall–Kier alpha value is -1.22. The van der Waals surface area contributed by atoms with Gasteiger partial charge in [-0.15, -0.1) is 24.0 Å². The van der Waals surface area contributed by atoms with E-state index in [1.165, 1.54) is 0 Å². The average Bonchev–Trinajstić information content (AvgIpc) is 3.06. The molecule has 1 aromatic heterocycles. The maximum absolute atomic E-state index is 6.05. The van der Waals surface area contributed by atoms with Crippen LogP contribution in [0.4, 0.5) is 0 Å². The lowest BCUT2D eigenvalue weighted by Gasteiger charge is -2.34. The third-order valence-electron chi connectivity index (χ3n) is 4.28. The van der Waals surface area contributed by atoms with Gasteiger partial charge in [-0.25, -0.2) is 0 Å². The molecule has 0 amide bonds. The molecule has 7 heteroatoms. The van der Waals surface area contributed by atoms with Gasteiger partial charge in [0, 0.05) is 45.9 Å². The predicted octanol–water partition coefficient (Wildman–Crippen LogP) is 4.32. The quantitative estimate of drug-likeness (QED) is 0.353. The van der Waals surface area contributed by atoms with Crippen LogP contribution in [0.25, 0.3) is 0 Å². The first-order chi connectivity index (χ1) is 12.2. The maximum atomic E-state index is 6.05. The first-order valence-electron chi connectivity index (χ1n) is 8.66. The van der Waals surface area contributed by atoms with E-state index >= 15 is 0 Å². The average molecular weight is 534 g/mol. The number of nitrogens with zero attached hydrogens (tertiary/aromatic N) is 2. The number of halogens is 2. The zero-order valence-corrected chi connectivity index (χ0v) is 18.8. The summed E-state index contributed by atoms with van der Waals surface area (Å²) in [4.78, 5) is 6.70. The topological polar surface area (TPSA) is 50.0 Å². The van der Waals surface area contributed by atoms with Crippen LogP contribution in [-0.4, -0.2) is 43.6 Å². The van der Waals surface area contributed by atoms with E-state index in [0.717, 1.165) is 61.0 Å². The zero-order chi connectivity index (χ0) is 17.5. The summed E-state index contributed by atoms with van der Waals surface area (Å²) in [5.74, 6) is 2.86. The van der Waals surface area contributed by atoms with E-state index in [0.29, 0.717) is 0 Å². The van der Waals surface area contributed by atoms with E-state index in [9.17, 15) is 0 Å². The highest BCUT2D eigenvalue weighted by molar-refractivity contribution is 14.0. The predicted molar refractivity (Wildman–Crippen MR) is 119 cm³/mol. The number of nitrogens with one attached hydrogen (secondary N) is 1. The second-order valence-corrected chi connectivity index (χ2v) is 6.83. The van der Waals surface area contributed by atoms with E-state index in [-0.39, 0.29) is 30.1 Å². The molecule has 0 unspecified atom stereocenters. The number of piperidine rings is 1. The van der Waals surface area contributed by atoms with E-state index in [1.54, 1.807) is 0 Å². The van der Waals surface area contributed by atoms with E-state index in [1.807, 2.05) is 49.5 Å². The van der Waals surface area contributed by atoms with Crippen LogP contribution in [0.5, 0.6) is 5.75 Å². The van der Waals surface area contributed by atoms with Gasteiger partial charge >= 0.3 is 0 Å². The molecule has 142 valence electrons. The van der Waals surface area contributed by atoms with Gasteiger partial charge < -0.3 is 19.4 Å². The van der Waals surface area contributed by atoms with Crippen LogP contribution in [0, 0.1) is 0 Å². The lowest BCUT2D eigenvalue weighted by molar-refractivity contribution is 0.129. The molecule has 1 aliphatic heterocycles. The van der Waals surface area contributed by atoms with E-state index in [2.05, 4.69) is 31.1 Å². The van der Waals surface area contributed by atoms with Crippen LogP contribution in [0.2, 0.25) is 0 Å². The molecule has 1 aliphatic rings. The molecule has 0 bridgehead atoms. The van der Waals surface area contributed by atoms with Gasteiger partial charge in [-0.05, 0) is 40.2 Å². The second-order valence-electron chi connectivity index (χ2n) is 6.05. The van der Waals surface area contributed by atoms with Crippen molar-refractivity contribution in [1.82, 2.24) is 10.2 Å². The van der Waals surface area contributed by atoms with Crippen LogP contribution >= 0.6 is 39.9 Å². The zero-order valence-electron chi connectivity index (χ0n) is 14.9. The van der Waals surface area contributed by atoms with Crippen molar-refractivity contribution in [1.29, 1.82) is 0 Å². The van der Waals surface area contributed by atoms with Crippen molar-refractivity contribution in [2.75, 3.05) is 26.7 Å². The van der Waals surface area contributed by atoms with Gasteiger partial charge in [0.1, 0.15) is 17.6 Å². The van der Waals surface area contributed by atoms with Gasteiger partial charge in [0.2, 0.25) is 0 Å². The van der Waals surface area contributed by atoms with Gasteiger partial charge in [-0.1, -0.05) is 18.2 Å². The number of rotatable bonds is 5. The Labute approximate surface area is 180 Å². The fourth-order valence-corrected chi connectivity index (χ4v) is 3.33. The summed E-state index contributed by atoms with van der Waals surface area (Å²) in [6.07, 6.45) is 3.11. The Bertz CT molecular complexity index is 685. The normalized spacial score (nSPS) is 15.5. The van der Waals surface area contributed by atoms with Crippen molar-refractivity contribution in [3.63, 3.8) is 0 Å². The number of hydrogen-bond acceptors (Lipinski definition) is 3. The van der Waals surface area contributed by atoms with Crippen LogP contribution in [0.3, 0.4) is 0 Å². The van der Waals surface area contributed by atoms with Crippen LogP contribution in [-0.2, 0) is 6.42 Å². The van der Waals surface area contributed by atoms with Gasteiger partial charge in [-0.3, -0.25) is 4.99 Å². The molecule has 0 saturated carbocycles. The SMILES string of the molecule is CN=C(NCCc1ccc(Br)o1)N1CCC(Oc2ccccc2)CC1.I. The fourth-order valence-electron chi connectivity index (χ4n) is 2.99. The third-order valence-corrected chi connectivity index (χ3v) is 4.71. The van der Waals surface area contributed by atoms with Gasteiger partial charge in [0.05, 0.1) is 0 Å². The number of benzene rings is 1. The monoisotopic (exact) mass is 533 g/mol. The number of guanidine groups is 1. The molecule has 5 nitrogen and oxygen atoms in total. The van der Waals surface area contributed by atoms with Crippen LogP contribution < -0.4 is 10.1 Å². The minimum atomic E-state index is 0. The smallest absolute Gasteiger partial charge is 0.193 e. The first-order valence-corrected chi connectivity index (χ1v) is 9.45. The van der Waals surface area contributed by atoms with Crippen molar-refractivity contribution < 1.29 is 9.15 Å².